The van der Waals surface area contributed by atoms with Gasteiger partial charge in [-0.2, -0.15) is 13.2 Å². The number of rotatable bonds is 9. The van der Waals surface area contributed by atoms with Crippen molar-refractivity contribution in [3.8, 4) is 11.6 Å². The second-order valence-corrected chi connectivity index (χ2v) is 19.0. The average molecular weight is 836 g/mol. The van der Waals surface area contributed by atoms with Crippen LogP contribution in [0.15, 0.2) is 42.6 Å². The van der Waals surface area contributed by atoms with Crippen LogP contribution in [0.3, 0.4) is 0 Å². The van der Waals surface area contributed by atoms with E-state index < -0.39 is 86.4 Å². The maximum atomic E-state index is 15.0. The van der Waals surface area contributed by atoms with Gasteiger partial charge in [0.1, 0.15) is 35.0 Å². The molecule has 2 aromatic rings. The van der Waals surface area contributed by atoms with Crippen LogP contribution >= 0.6 is 0 Å². The third-order valence-electron chi connectivity index (χ3n) is 11.7. The molecule has 1 aromatic carbocycles. The standard InChI is InChI=1S/C40H52F3N5O9S/c1-22(2)56-27-11-14-30-25(18-27)15-16-44-34(30)57-28-19-31-33(49)45-39(36(51)46-58(54,55)29-12-13-29)20-26(39)10-8-7-9-23(3)17-24(4)32(35(50)47(31)21-28)48(37(52)53)38(5,6)40(41,42)43/h8,10-11,14-16,18,22-24,26,28-29,31-32H,7,9,12-13,17,19-21H2,1-6H3,(H,45,49)(H,46,51)(H,52,53)/b10-8-/t23-,24+,26+,28+,31-,32-,39+/m0/s1. The van der Waals surface area contributed by atoms with Crippen molar-refractivity contribution in [3.05, 3.63) is 42.6 Å². The highest BCUT2D eigenvalue weighted by Crippen LogP contribution is 2.47. The summed E-state index contributed by atoms with van der Waals surface area (Å²) in [6.45, 7) is 8.19. The Morgan fingerprint density at radius 2 is 1.81 bits per heavy atom. The Kier molecular flexibility index (Phi) is 11.8. The average Bonchev–Trinajstić information content (AvgIpc) is 4.04. The minimum atomic E-state index is -5.09. The number of carboxylic acid groups (broad SMARTS) is 1. The monoisotopic (exact) mass is 835 g/mol. The number of aromatic nitrogens is 1. The Balaban J connectivity index is 1.41. The molecule has 4 amide bonds. The van der Waals surface area contributed by atoms with Crippen LogP contribution in [0.25, 0.3) is 10.8 Å². The number of sulfonamides is 1. The fraction of sp³-hybridized carbons (Fsp3) is 0.625. The number of carbonyl (C=O) groups excluding carboxylic acids is 3. The Bertz CT molecular complexity index is 2070. The van der Waals surface area contributed by atoms with E-state index in [1.165, 1.54) is 13.1 Å². The summed E-state index contributed by atoms with van der Waals surface area (Å²) in [5.41, 5.74) is -4.73. The quantitative estimate of drug-likeness (QED) is 0.271. The van der Waals surface area contributed by atoms with Crippen molar-refractivity contribution in [3.63, 3.8) is 0 Å². The topological polar surface area (TPSA) is 185 Å². The van der Waals surface area contributed by atoms with Crippen molar-refractivity contribution in [2.45, 2.75) is 133 Å². The van der Waals surface area contributed by atoms with Gasteiger partial charge in [-0.25, -0.2) is 18.2 Å². The van der Waals surface area contributed by atoms with E-state index >= 15 is 0 Å². The molecule has 18 heteroatoms. The summed E-state index contributed by atoms with van der Waals surface area (Å²) < 4.78 is 84.2. The number of nitrogens with one attached hydrogen (secondary N) is 2. The molecule has 0 unspecified atom stereocenters. The number of fused-ring (bicyclic) bond motifs is 3. The molecule has 58 heavy (non-hydrogen) atoms. The largest absolute Gasteiger partial charge is 0.491 e. The van der Waals surface area contributed by atoms with Crippen molar-refractivity contribution in [1.82, 2.24) is 24.8 Å². The summed E-state index contributed by atoms with van der Waals surface area (Å²) in [5, 5.41) is 13.7. The van der Waals surface area contributed by atoms with Gasteiger partial charge in [-0.05, 0) is 108 Å². The zero-order valence-corrected chi connectivity index (χ0v) is 34.2. The van der Waals surface area contributed by atoms with Crippen molar-refractivity contribution in [2.24, 2.45) is 17.8 Å². The second-order valence-electron chi connectivity index (χ2n) is 17.1. The van der Waals surface area contributed by atoms with Crippen LogP contribution in [-0.4, -0.2) is 105 Å². The van der Waals surface area contributed by atoms with E-state index in [0.717, 1.165) is 4.90 Å². The highest BCUT2D eigenvalue weighted by Gasteiger charge is 2.63. The molecule has 1 aromatic heterocycles. The Labute approximate surface area is 335 Å². The van der Waals surface area contributed by atoms with Gasteiger partial charge in [0.15, 0.2) is 0 Å². The number of alkyl halides is 3. The van der Waals surface area contributed by atoms with Crippen molar-refractivity contribution in [2.75, 3.05) is 6.54 Å². The smallest absolute Gasteiger partial charge is 0.411 e. The molecule has 4 aliphatic rings. The molecule has 0 bridgehead atoms. The molecule has 7 atom stereocenters. The SMILES string of the molecule is CC(C)Oc1ccc2c(O[C@@H]3C[C@H]4C(=O)N[C@]5(C(=O)NS(=O)(=O)C6CC6)C[C@H]5/C=C\CC[C@H](C)C[C@@H](C)[C@H](N(C(=O)O)C(C)(C)C(F)(F)F)C(=O)N4C3)nccc2c1. The molecule has 3 N–H and O–H groups in total. The maximum Gasteiger partial charge on any atom is 0.411 e. The number of benzene rings is 1. The third kappa shape index (κ3) is 8.71. The first kappa shape index (κ1) is 43.0. The molecule has 3 heterocycles. The number of carbonyl (C=O) groups is 4. The van der Waals surface area contributed by atoms with Gasteiger partial charge in [-0.3, -0.25) is 24.0 Å². The molecule has 1 saturated heterocycles. The lowest BCUT2D eigenvalue weighted by Crippen LogP contribution is -2.66. The fourth-order valence-corrected chi connectivity index (χ4v) is 9.57. The molecule has 0 radical (unpaired) electrons. The van der Waals surface area contributed by atoms with E-state index in [-0.39, 0.29) is 48.6 Å². The van der Waals surface area contributed by atoms with E-state index in [1.807, 2.05) is 26.8 Å². The number of hydrogen-bond acceptors (Lipinski definition) is 9. The molecule has 6 rings (SSSR count). The van der Waals surface area contributed by atoms with E-state index in [4.69, 9.17) is 9.47 Å². The predicted molar refractivity (Wildman–Crippen MR) is 206 cm³/mol. The predicted octanol–water partition coefficient (Wildman–Crippen LogP) is 5.56. The maximum absolute atomic E-state index is 15.0. The van der Waals surface area contributed by atoms with Crippen LogP contribution in [0.2, 0.25) is 0 Å². The molecule has 14 nitrogen and oxygen atoms in total. The lowest BCUT2D eigenvalue weighted by Gasteiger charge is -2.45. The van der Waals surface area contributed by atoms with Crippen LogP contribution in [-0.2, 0) is 24.4 Å². The van der Waals surface area contributed by atoms with Gasteiger partial charge < -0.3 is 24.8 Å². The van der Waals surface area contributed by atoms with Crippen LogP contribution in [0.4, 0.5) is 18.0 Å². The lowest BCUT2D eigenvalue weighted by molar-refractivity contribution is -0.222. The molecular weight excluding hydrogens is 784 g/mol. The number of pyridine rings is 1. The first-order valence-corrected chi connectivity index (χ1v) is 21.3. The minimum Gasteiger partial charge on any atom is -0.491 e. The normalized spacial score (nSPS) is 29.0. The molecule has 2 saturated carbocycles. The van der Waals surface area contributed by atoms with Gasteiger partial charge in [0.2, 0.25) is 27.7 Å². The van der Waals surface area contributed by atoms with E-state index in [1.54, 1.807) is 30.3 Å². The Morgan fingerprint density at radius 3 is 2.45 bits per heavy atom. The summed E-state index contributed by atoms with van der Waals surface area (Å²) in [5.74, 6) is -3.82. The molecular formula is C40H52F3N5O9S. The molecule has 2 aliphatic carbocycles. The minimum absolute atomic E-state index is 0.0616. The number of ether oxygens (including phenoxy) is 2. The van der Waals surface area contributed by atoms with Gasteiger partial charge in [-0.1, -0.05) is 26.0 Å². The lowest BCUT2D eigenvalue weighted by atomic mass is 9.85. The van der Waals surface area contributed by atoms with Crippen molar-refractivity contribution in [1.29, 1.82) is 0 Å². The van der Waals surface area contributed by atoms with E-state index in [9.17, 15) is 45.9 Å². The van der Waals surface area contributed by atoms with Gasteiger partial charge in [0.25, 0.3) is 5.91 Å². The second kappa shape index (κ2) is 15.9. The first-order valence-electron chi connectivity index (χ1n) is 19.7. The highest BCUT2D eigenvalue weighted by atomic mass is 32.2. The molecule has 2 aliphatic heterocycles. The summed E-state index contributed by atoms with van der Waals surface area (Å²) in [7, 11) is -4.02. The number of allylic oxidation sites excluding steroid dienone is 1. The highest BCUT2D eigenvalue weighted by molar-refractivity contribution is 7.91. The van der Waals surface area contributed by atoms with Gasteiger partial charge >= 0.3 is 12.3 Å². The fourth-order valence-electron chi connectivity index (χ4n) is 8.21. The van der Waals surface area contributed by atoms with Crippen LogP contribution in [0.1, 0.15) is 86.5 Å². The van der Waals surface area contributed by atoms with Gasteiger partial charge in [-0.15, -0.1) is 0 Å². The van der Waals surface area contributed by atoms with Crippen molar-refractivity contribution >= 4 is 44.6 Å². The zero-order valence-electron chi connectivity index (χ0n) is 33.4. The Morgan fingerprint density at radius 1 is 1.10 bits per heavy atom. The van der Waals surface area contributed by atoms with Gasteiger partial charge in [0.05, 0.1) is 17.9 Å². The molecule has 3 fully saturated rings. The van der Waals surface area contributed by atoms with Crippen LogP contribution in [0.5, 0.6) is 11.6 Å². The number of hydrogen-bond donors (Lipinski definition) is 3. The summed E-state index contributed by atoms with van der Waals surface area (Å²) in [4.78, 5) is 61.8. The van der Waals surface area contributed by atoms with Crippen molar-refractivity contribution < 1.29 is 55.3 Å². The Hall–Kier alpha value is -4.61. The van der Waals surface area contributed by atoms with Crippen LogP contribution < -0.4 is 19.5 Å². The third-order valence-corrected chi connectivity index (χ3v) is 13.5. The summed E-state index contributed by atoms with van der Waals surface area (Å²) in [6, 6.07) is 3.66. The summed E-state index contributed by atoms with van der Waals surface area (Å²) in [6.07, 6.45) is -1.29. The number of amides is 4. The summed E-state index contributed by atoms with van der Waals surface area (Å²) >= 11 is 0. The first-order chi connectivity index (χ1) is 27.1. The van der Waals surface area contributed by atoms with Crippen LogP contribution in [0, 0.1) is 17.8 Å². The number of nitrogens with zero attached hydrogens (tertiary/aromatic N) is 3. The molecule has 0 spiro atoms. The zero-order chi connectivity index (χ0) is 42.5. The van der Waals surface area contributed by atoms with E-state index in [0.29, 0.717) is 56.1 Å². The van der Waals surface area contributed by atoms with Gasteiger partial charge in [0, 0.05) is 23.9 Å². The number of halogens is 3. The van der Waals surface area contributed by atoms with E-state index in [2.05, 4.69) is 15.0 Å². The molecule has 318 valence electrons.